The number of nitrogens with one attached hydrogen (secondary N) is 2. The first-order chi connectivity index (χ1) is 8.63. The molecular weight excluding hydrogens is 341 g/mol. The van der Waals surface area contributed by atoms with Gasteiger partial charge in [0.15, 0.2) is 0 Å². The first kappa shape index (κ1) is 13.1. The highest BCUT2D eigenvalue weighted by molar-refractivity contribution is 14.1. The predicted octanol–water partition coefficient (Wildman–Crippen LogP) is 3.14. The normalized spacial score (nSPS) is 10.4. The summed E-state index contributed by atoms with van der Waals surface area (Å²) in [6.45, 7) is 4.02. The molecule has 0 radical (unpaired) electrons. The molecule has 5 heteroatoms. The van der Waals surface area contributed by atoms with Gasteiger partial charge in [0.05, 0.1) is 11.8 Å². The van der Waals surface area contributed by atoms with Gasteiger partial charge in [0.2, 0.25) is 0 Å². The van der Waals surface area contributed by atoms with Gasteiger partial charge in [-0.15, -0.1) is 0 Å². The Morgan fingerprint density at radius 1 is 1.50 bits per heavy atom. The van der Waals surface area contributed by atoms with Crippen molar-refractivity contribution in [2.45, 2.75) is 20.3 Å². The largest absolute Gasteiger partial charge is 0.307 e. The Bertz CT molecular complexity index is 577. The summed E-state index contributed by atoms with van der Waals surface area (Å²) in [5, 5.41) is 9.61. The van der Waals surface area contributed by atoms with E-state index in [9.17, 15) is 4.79 Å². The maximum absolute atomic E-state index is 12.2. The number of anilines is 1. The third kappa shape index (κ3) is 2.55. The second kappa shape index (κ2) is 5.51. The number of aromatic amines is 1. The lowest BCUT2D eigenvalue weighted by atomic mass is 10.1. The number of carbonyl (C=O) groups is 1. The molecule has 0 saturated heterocycles. The monoisotopic (exact) mass is 355 g/mol. The highest BCUT2D eigenvalue weighted by Gasteiger charge is 2.13. The second-order valence-electron chi connectivity index (χ2n) is 4.01. The van der Waals surface area contributed by atoms with E-state index < -0.39 is 0 Å². The number of H-pyrrole nitrogens is 1. The standard InChI is InChI=1S/C13H14IN3O/c1-3-9-7-15-17-12(9)16-13(18)10-6-4-5-8(2)11(10)14/h4-7H,3H2,1-2H3,(H2,15,16,17,18). The zero-order valence-corrected chi connectivity index (χ0v) is 12.4. The summed E-state index contributed by atoms with van der Waals surface area (Å²) < 4.78 is 0.977. The van der Waals surface area contributed by atoms with Gasteiger partial charge in [-0.05, 0) is 47.6 Å². The van der Waals surface area contributed by atoms with Crippen LogP contribution in [0.25, 0.3) is 0 Å². The summed E-state index contributed by atoms with van der Waals surface area (Å²) in [5.41, 5.74) is 2.79. The van der Waals surface area contributed by atoms with Crippen molar-refractivity contribution < 1.29 is 4.79 Å². The van der Waals surface area contributed by atoms with E-state index in [0.29, 0.717) is 11.4 Å². The second-order valence-corrected chi connectivity index (χ2v) is 5.09. The molecule has 2 N–H and O–H groups in total. The highest BCUT2D eigenvalue weighted by atomic mass is 127. The molecule has 0 atom stereocenters. The van der Waals surface area contributed by atoms with E-state index in [1.54, 1.807) is 6.20 Å². The van der Waals surface area contributed by atoms with Gasteiger partial charge in [0.1, 0.15) is 5.82 Å². The molecule has 2 aromatic rings. The molecule has 0 unspecified atom stereocenters. The molecule has 94 valence electrons. The van der Waals surface area contributed by atoms with E-state index in [4.69, 9.17) is 0 Å². The van der Waals surface area contributed by atoms with Gasteiger partial charge in [-0.1, -0.05) is 19.1 Å². The molecule has 0 aliphatic rings. The van der Waals surface area contributed by atoms with Gasteiger partial charge in [-0.3, -0.25) is 9.89 Å². The lowest BCUT2D eigenvalue weighted by Crippen LogP contribution is -2.15. The van der Waals surface area contributed by atoms with Crippen LogP contribution < -0.4 is 5.32 Å². The van der Waals surface area contributed by atoms with Crippen molar-refractivity contribution in [3.63, 3.8) is 0 Å². The number of hydrogen-bond acceptors (Lipinski definition) is 2. The Kier molecular flexibility index (Phi) is 4.00. The number of benzene rings is 1. The third-order valence-electron chi connectivity index (χ3n) is 2.77. The van der Waals surface area contributed by atoms with Gasteiger partial charge < -0.3 is 5.32 Å². The Morgan fingerprint density at radius 3 is 3.00 bits per heavy atom. The van der Waals surface area contributed by atoms with Crippen LogP contribution in [-0.4, -0.2) is 16.1 Å². The summed E-state index contributed by atoms with van der Waals surface area (Å²) >= 11 is 2.19. The zero-order chi connectivity index (χ0) is 13.1. The Morgan fingerprint density at radius 2 is 2.28 bits per heavy atom. The van der Waals surface area contributed by atoms with Crippen LogP contribution in [0.3, 0.4) is 0 Å². The molecule has 18 heavy (non-hydrogen) atoms. The smallest absolute Gasteiger partial charge is 0.257 e. The van der Waals surface area contributed by atoms with E-state index in [0.717, 1.165) is 21.1 Å². The number of halogens is 1. The zero-order valence-electron chi connectivity index (χ0n) is 10.2. The van der Waals surface area contributed by atoms with E-state index in [1.165, 1.54) is 0 Å². The molecule has 0 spiro atoms. The maximum Gasteiger partial charge on any atom is 0.257 e. The maximum atomic E-state index is 12.2. The van der Waals surface area contributed by atoms with Gasteiger partial charge >= 0.3 is 0 Å². The van der Waals surface area contributed by atoms with Crippen molar-refractivity contribution in [2.75, 3.05) is 5.32 Å². The molecule has 1 aromatic carbocycles. The predicted molar refractivity (Wildman–Crippen MR) is 79.8 cm³/mol. The van der Waals surface area contributed by atoms with E-state index in [2.05, 4.69) is 38.1 Å². The van der Waals surface area contributed by atoms with Crippen LogP contribution in [0.2, 0.25) is 0 Å². The van der Waals surface area contributed by atoms with Crippen molar-refractivity contribution in [3.05, 3.63) is 44.7 Å². The lowest BCUT2D eigenvalue weighted by molar-refractivity contribution is 0.102. The number of carbonyl (C=O) groups excluding carboxylic acids is 1. The van der Waals surface area contributed by atoms with Crippen LogP contribution >= 0.6 is 22.6 Å². The van der Waals surface area contributed by atoms with Crippen LogP contribution in [0.15, 0.2) is 24.4 Å². The van der Waals surface area contributed by atoms with Crippen molar-refractivity contribution in [1.29, 1.82) is 0 Å². The van der Waals surface area contributed by atoms with Crippen LogP contribution in [0.1, 0.15) is 28.4 Å². The molecule has 0 fully saturated rings. The fourth-order valence-corrected chi connectivity index (χ4v) is 2.30. The molecule has 0 aliphatic heterocycles. The average molecular weight is 355 g/mol. The number of aryl methyl sites for hydroxylation is 2. The number of nitrogens with zero attached hydrogens (tertiary/aromatic N) is 1. The minimum Gasteiger partial charge on any atom is -0.307 e. The average Bonchev–Trinajstić information content (AvgIpc) is 2.79. The molecule has 1 amide bonds. The molecular formula is C13H14IN3O. The fourth-order valence-electron chi connectivity index (χ4n) is 1.69. The van der Waals surface area contributed by atoms with E-state index >= 15 is 0 Å². The first-order valence-electron chi connectivity index (χ1n) is 5.72. The summed E-state index contributed by atoms with van der Waals surface area (Å²) in [6, 6.07) is 5.71. The van der Waals surface area contributed by atoms with Crippen molar-refractivity contribution in [1.82, 2.24) is 10.2 Å². The van der Waals surface area contributed by atoms with Gasteiger partial charge in [0.25, 0.3) is 5.91 Å². The van der Waals surface area contributed by atoms with E-state index in [1.807, 2.05) is 32.0 Å². The topological polar surface area (TPSA) is 57.8 Å². The van der Waals surface area contributed by atoms with Crippen LogP contribution in [0, 0.1) is 10.5 Å². The Hall–Kier alpha value is -1.37. The lowest BCUT2D eigenvalue weighted by Gasteiger charge is -2.08. The highest BCUT2D eigenvalue weighted by Crippen LogP contribution is 2.19. The number of rotatable bonds is 3. The molecule has 1 heterocycles. The first-order valence-corrected chi connectivity index (χ1v) is 6.80. The number of amides is 1. The summed E-state index contributed by atoms with van der Waals surface area (Å²) in [6.07, 6.45) is 2.56. The Labute approximate surface area is 119 Å². The fraction of sp³-hybridized carbons (Fsp3) is 0.231. The van der Waals surface area contributed by atoms with Gasteiger partial charge in [-0.25, -0.2) is 0 Å². The summed E-state index contributed by atoms with van der Waals surface area (Å²) in [5.74, 6) is 0.571. The SMILES string of the molecule is CCc1cn[nH]c1NC(=O)c1cccc(C)c1I. The molecule has 0 saturated carbocycles. The quantitative estimate of drug-likeness (QED) is 0.832. The summed E-state index contributed by atoms with van der Waals surface area (Å²) in [7, 11) is 0. The molecule has 1 aromatic heterocycles. The minimum absolute atomic E-state index is 0.109. The molecule has 2 rings (SSSR count). The van der Waals surface area contributed by atoms with E-state index in [-0.39, 0.29) is 5.91 Å². The summed E-state index contributed by atoms with van der Waals surface area (Å²) in [4.78, 5) is 12.2. The number of hydrogen-bond donors (Lipinski definition) is 2. The Balaban J connectivity index is 2.25. The van der Waals surface area contributed by atoms with Gasteiger partial charge in [-0.2, -0.15) is 5.10 Å². The number of aromatic nitrogens is 2. The van der Waals surface area contributed by atoms with Crippen LogP contribution in [-0.2, 0) is 6.42 Å². The van der Waals surface area contributed by atoms with Gasteiger partial charge in [0, 0.05) is 9.13 Å². The van der Waals surface area contributed by atoms with Crippen LogP contribution in [0.5, 0.6) is 0 Å². The van der Waals surface area contributed by atoms with Crippen molar-refractivity contribution in [2.24, 2.45) is 0 Å². The molecule has 0 bridgehead atoms. The third-order valence-corrected chi connectivity index (χ3v) is 4.21. The van der Waals surface area contributed by atoms with Crippen molar-refractivity contribution >= 4 is 34.3 Å². The minimum atomic E-state index is -0.109. The molecule has 0 aliphatic carbocycles. The molecule has 4 nitrogen and oxygen atoms in total. The van der Waals surface area contributed by atoms with Crippen molar-refractivity contribution in [3.8, 4) is 0 Å². The van der Waals surface area contributed by atoms with Crippen LogP contribution in [0.4, 0.5) is 5.82 Å².